The largest absolute Gasteiger partial charge is 0.336 e. The third-order valence-electron chi connectivity index (χ3n) is 2.75. The first-order chi connectivity index (χ1) is 9.31. The topological polar surface area (TPSA) is 54.5 Å². The van der Waals surface area contributed by atoms with Crippen molar-refractivity contribution in [2.75, 3.05) is 12.5 Å². The van der Waals surface area contributed by atoms with Gasteiger partial charge in [-0.15, -0.1) is 23.5 Å². The molecule has 0 fully saturated rings. The van der Waals surface area contributed by atoms with Crippen molar-refractivity contribution in [1.82, 2.24) is 19.9 Å². The van der Waals surface area contributed by atoms with Gasteiger partial charge in [-0.25, -0.2) is 15.0 Å². The molecule has 3 aromatic rings. The summed E-state index contributed by atoms with van der Waals surface area (Å²) in [5.41, 5.74) is 2.69. The van der Waals surface area contributed by atoms with Gasteiger partial charge in [-0.3, -0.25) is 0 Å². The highest BCUT2D eigenvalue weighted by molar-refractivity contribution is 7.99. The van der Waals surface area contributed by atoms with E-state index in [4.69, 9.17) is 0 Å². The van der Waals surface area contributed by atoms with Crippen molar-refractivity contribution in [2.24, 2.45) is 0 Å². The number of thioether (sulfide) groups is 2. The van der Waals surface area contributed by atoms with Gasteiger partial charge in [0.15, 0.2) is 5.65 Å². The van der Waals surface area contributed by atoms with Gasteiger partial charge >= 0.3 is 0 Å². The average Bonchev–Trinajstić information content (AvgIpc) is 2.90. The Kier molecular flexibility index (Phi) is 3.44. The lowest BCUT2D eigenvalue weighted by atomic mass is 10.3. The lowest BCUT2D eigenvalue weighted by Crippen LogP contribution is -1.90. The van der Waals surface area contributed by atoms with Gasteiger partial charge < -0.3 is 4.98 Å². The van der Waals surface area contributed by atoms with Crippen molar-refractivity contribution < 1.29 is 0 Å². The minimum atomic E-state index is 0.735. The minimum absolute atomic E-state index is 0.735. The van der Waals surface area contributed by atoms with Crippen LogP contribution in [0.2, 0.25) is 0 Å². The lowest BCUT2D eigenvalue weighted by molar-refractivity contribution is 1.01. The van der Waals surface area contributed by atoms with Crippen molar-refractivity contribution in [1.29, 1.82) is 0 Å². The van der Waals surface area contributed by atoms with Crippen LogP contribution in [0.15, 0.2) is 40.5 Å². The van der Waals surface area contributed by atoms with Crippen LogP contribution >= 0.6 is 23.5 Å². The lowest BCUT2D eigenvalue weighted by Gasteiger charge is -2.05. The second-order valence-electron chi connectivity index (χ2n) is 3.87. The van der Waals surface area contributed by atoms with Gasteiger partial charge in [0.05, 0.1) is 10.5 Å². The van der Waals surface area contributed by atoms with E-state index >= 15 is 0 Å². The zero-order valence-electron chi connectivity index (χ0n) is 10.5. The Labute approximate surface area is 119 Å². The molecule has 0 bridgehead atoms. The van der Waals surface area contributed by atoms with Gasteiger partial charge in [0.2, 0.25) is 0 Å². The molecule has 0 amide bonds. The Hall–Kier alpha value is -1.53. The first kappa shape index (κ1) is 12.5. The normalized spacial score (nSPS) is 11.1. The Morgan fingerprint density at radius 3 is 2.68 bits per heavy atom. The molecule has 0 atom stereocenters. The summed E-state index contributed by atoms with van der Waals surface area (Å²) in [6, 6.07) is 7.94. The number of rotatable bonds is 3. The molecule has 3 aromatic heterocycles. The van der Waals surface area contributed by atoms with Gasteiger partial charge in [0.25, 0.3) is 0 Å². The monoisotopic (exact) mass is 288 g/mol. The average molecular weight is 288 g/mol. The summed E-state index contributed by atoms with van der Waals surface area (Å²) < 4.78 is 0. The Morgan fingerprint density at radius 2 is 1.95 bits per heavy atom. The molecule has 0 unspecified atom stereocenters. The molecule has 0 aromatic carbocycles. The van der Waals surface area contributed by atoms with Crippen LogP contribution < -0.4 is 0 Å². The number of pyridine rings is 2. The number of imidazole rings is 1. The fourth-order valence-electron chi connectivity index (χ4n) is 1.85. The number of aromatic nitrogens is 4. The smallest absolute Gasteiger partial charge is 0.178 e. The van der Waals surface area contributed by atoms with Gasteiger partial charge in [-0.1, -0.05) is 0 Å². The molecule has 4 nitrogen and oxygen atoms in total. The van der Waals surface area contributed by atoms with Crippen molar-refractivity contribution in [3.8, 4) is 11.4 Å². The fraction of sp³-hybridized carbons (Fsp3) is 0.154. The van der Waals surface area contributed by atoms with Crippen LogP contribution in [0, 0.1) is 0 Å². The van der Waals surface area contributed by atoms with Crippen molar-refractivity contribution in [3.63, 3.8) is 0 Å². The van der Waals surface area contributed by atoms with Crippen LogP contribution in [0.3, 0.4) is 0 Å². The zero-order valence-corrected chi connectivity index (χ0v) is 12.2. The predicted molar refractivity (Wildman–Crippen MR) is 80.7 cm³/mol. The van der Waals surface area contributed by atoms with E-state index in [0.717, 1.165) is 32.6 Å². The van der Waals surface area contributed by atoms with Crippen LogP contribution in [-0.4, -0.2) is 32.4 Å². The molecule has 0 spiro atoms. The fourth-order valence-corrected chi connectivity index (χ4v) is 2.86. The number of fused-ring (bicyclic) bond motifs is 1. The summed E-state index contributed by atoms with van der Waals surface area (Å²) >= 11 is 3.26. The van der Waals surface area contributed by atoms with E-state index in [2.05, 4.69) is 26.0 Å². The molecule has 0 saturated heterocycles. The van der Waals surface area contributed by atoms with Gasteiger partial charge in [-0.2, -0.15) is 0 Å². The molecule has 0 aliphatic rings. The number of hydrogen-bond donors (Lipinski definition) is 1. The minimum Gasteiger partial charge on any atom is -0.336 e. The maximum atomic E-state index is 4.60. The van der Waals surface area contributed by atoms with E-state index in [1.165, 1.54) is 0 Å². The third kappa shape index (κ3) is 2.33. The summed E-state index contributed by atoms with van der Waals surface area (Å²) in [6.45, 7) is 0. The first-order valence-electron chi connectivity index (χ1n) is 5.72. The van der Waals surface area contributed by atoms with E-state index < -0.39 is 0 Å². The second-order valence-corrected chi connectivity index (χ2v) is 5.49. The SMILES string of the molecule is CSc1ccc(-c2nc3ncccc3[nH]2)c(SC)n1. The van der Waals surface area contributed by atoms with Crippen LogP contribution in [0.4, 0.5) is 0 Å². The van der Waals surface area contributed by atoms with Gasteiger partial charge in [0.1, 0.15) is 10.9 Å². The molecule has 96 valence electrons. The molecule has 0 saturated carbocycles. The molecule has 6 heteroatoms. The van der Waals surface area contributed by atoms with E-state index in [-0.39, 0.29) is 0 Å². The highest BCUT2D eigenvalue weighted by Crippen LogP contribution is 2.29. The van der Waals surface area contributed by atoms with Crippen LogP contribution in [0.1, 0.15) is 0 Å². The molecule has 3 heterocycles. The number of nitrogens with zero attached hydrogens (tertiary/aromatic N) is 3. The molecule has 3 rings (SSSR count). The molecular formula is C13H12N4S2. The van der Waals surface area contributed by atoms with Gasteiger partial charge in [0, 0.05) is 11.8 Å². The first-order valence-corrected chi connectivity index (χ1v) is 8.17. The Morgan fingerprint density at radius 1 is 1.05 bits per heavy atom. The maximum absolute atomic E-state index is 4.60. The van der Waals surface area contributed by atoms with E-state index in [1.807, 2.05) is 30.7 Å². The molecule has 0 aliphatic carbocycles. The quantitative estimate of drug-likeness (QED) is 0.748. The molecule has 1 N–H and O–H groups in total. The number of aromatic amines is 1. The Balaban J connectivity index is 2.15. The summed E-state index contributed by atoms with van der Waals surface area (Å²) in [5.74, 6) is 0.818. The van der Waals surface area contributed by atoms with Crippen molar-refractivity contribution in [2.45, 2.75) is 10.1 Å². The van der Waals surface area contributed by atoms with E-state index in [0.29, 0.717) is 0 Å². The number of nitrogens with one attached hydrogen (secondary N) is 1. The summed E-state index contributed by atoms with van der Waals surface area (Å²) in [5, 5.41) is 1.99. The molecule has 19 heavy (non-hydrogen) atoms. The molecular weight excluding hydrogens is 276 g/mol. The summed E-state index contributed by atoms with van der Waals surface area (Å²) in [6.07, 6.45) is 5.80. The molecule has 0 radical (unpaired) electrons. The standard InChI is InChI=1S/C13H12N4S2/c1-18-10-6-5-8(13(16-10)19-2)11-15-9-4-3-7-14-12(9)17-11/h3-7H,1-2H3,(H,14,15,17). The second kappa shape index (κ2) is 5.22. The zero-order chi connectivity index (χ0) is 13.2. The van der Waals surface area contributed by atoms with Crippen LogP contribution in [0.25, 0.3) is 22.6 Å². The van der Waals surface area contributed by atoms with Crippen LogP contribution in [-0.2, 0) is 0 Å². The maximum Gasteiger partial charge on any atom is 0.178 e. The predicted octanol–water partition coefficient (Wildman–Crippen LogP) is 3.46. The van der Waals surface area contributed by atoms with E-state index in [1.54, 1.807) is 29.7 Å². The highest BCUT2D eigenvalue weighted by Gasteiger charge is 2.11. The number of hydrogen-bond acceptors (Lipinski definition) is 5. The van der Waals surface area contributed by atoms with Gasteiger partial charge in [-0.05, 0) is 36.8 Å². The summed E-state index contributed by atoms with van der Waals surface area (Å²) in [4.78, 5) is 16.7. The van der Waals surface area contributed by atoms with Crippen molar-refractivity contribution in [3.05, 3.63) is 30.5 Å². The number of H-pyrrole nitrogens is 1. The van der Waals surface area contributed by atoms with Crippen molar-refractivity contribution >= 4 is 34.7 Å². The highest BCUT2D eigenvalue weighted by atomic mass is 32.2. The summed E-state index contributed by atoms with van der Waals surface area (Å²) in [7, 11) is 0. The Bertz CT molecular complexity index is 690. The molecule has 0 aliphatic heterocycles. The van der Waals surface area contributed by atoms with Crippen LogP contribution in [0.5, 0.6) is 0 Å². The third-order valence-corrected chi connectivity index (χ3v) is 4.09. The van der Waals surface area contributed by atoms with E-state index in [9.17, 15) is 0 Å².